The van der Waals surface area contributed by atoms with Gasteiger partial charge in [-0.05, 0) is 42.4 Å². The summed E-state index contributed by atoms with van der Waals surface area (Å²) in [6, 6.07) is 20.3. The van der Waals surface area contributed by atoms with Crippen molar-refractivity contribution in [3.63, 3.8) is 0 Å². The predicted molar refractivity (Wildman–Crippen MR) is 136 cm³/mol. The van der Waals surface area contributed by atoms with Gasteiger partial charge in [0.15, 0.2) is 0 Å². The normalized spacial score (nSPS) is 23.7. The van der Waals surface area contributed by atoms with Crippen molar-refractivity contribution < 1.29 is 14.3 Å². The van der Waals surface area contributed by atoms with Gasteiger partial charge in [-0.25, -0.2) is 0 Å². The van der Waals surface area contributed by atoms with Crippen LogP contribution in [0.2, 0.25) is 0 Å². The Kier molecular flexibility index (Phi) is 6.87. The molecule has 5 nitrogen and oxygen atoms in total. The third kappa shape index (κ3) is 5.25. The molecule has 2 aliphatic carbocycles. The topological polar surface area (TPSA) is 49.9 Å². The first kappa shape index (κ1) is 23.6. The van der Waals surface area contributed by atoms with Crippen LogP contribution >= 0.6 is 0 Å². The molecule has 1 saturated heterocycles. The van der Waals surface area contributed by atoms with Crippen LogP contribution in [0.1, 0.15) is 36.8 Å². The maximum absolute atomic E-state index is 13.7. The third-order valence-electron chi connectivity index (χ3n) is 7.54. The van der Waals surface area contributed by atoms with Gasteiger partial charge in [-0.2, -0.15) is 0 Å². The number of carbonyl (C=O) groups is 2. The highest BCUT2D eigenvalue weighted by atomic mass is 16.5. The van der Waals surface area contributed by atoms with Gasteiger partial charge in [0.2, 0.25) is 5.91 Å². The molecule has 0 spiro atoms. The van der Waals surface area contributed by atoms with E-state index in [0.717, 1.165) is 43.5 Å². The molecule has 1 aliphatic heterocycles. The molecule has 2 amide bonds. The number of amides is 2. The van der Waals surface area contributed by atoms with E-state index in [2.05, 4.69) is 24.3 Å². The summed E-state index contributed by atoms with van der Waals surface area (Å²) >= 11 is 0. The molecular weight excluding hydrogens is 436 g/mol. The van der Waals surface area contributed by atoms with Gasteiger partial charge in [-0.3, -0.25) is 9.59 Å². The maximum Gasteiger partial charge on any atom is 0.253 e. The van der Waals surface area contributed by atoms with Gasteiger partial charge >= 0.3 is 0 Å². The summed E-state index contributed by atoms with van der Waals surface area (Å²) in [4.78, 5) is 30.3. The molecule has 35 heavy (non-hydrogen) atoms. The van der Waals surface area contributed by atoms with Crippen LogP contribution in [-0.2, 0) is 26.5 Å². The fraction of sp³-hybridized carbons (Fsp3) is 0.400. The van der Waals surface area contributed by atoms with Crippen LogP contribution in [0, 0.1) is 11.8 Å². The highest BCUT2D eigenvalue weighted by molar-refractivity contribution is 5.96. The minimum atomic E-state index is -0.551. The van der Waals surface area contributed by atoms with E-state index >= 15 is 0 Å². The number of benzene rings is 2. The standard InChI is InChI=1S/C30H34N2O3/c1-35-30(27-10-6-3-7-11-27)17-14-26(15-18-30)29(34)32(20-23-8-4-2-5-9-23)22-24-16-19-31(21-24)28(33)25-12-13-25/h2-11,14-15,17,24-25H,12-13,16,18-22H2,1H3/t24-,30?/m1/s1. The summed E-state index contributed by atoms with van der Waals surface area (Å²) in [6.45, 7) is 2.78. The van der Waals surface area contributed by atoms with E-state index in [0.29, 0.717) is 36.9 Å². The van der Waals surface area contributed by atoms with Crippen molar-refractivity contribution >= 4 is 11.8 Å². The van der Waals surface area contributed by atoms with Crippen LogP contribution in [0.3, 0.4) is 0 Å². The summed E-state index contributed by atoms with van der Waals surface area (Å²) < 4.78 is 5.92. The molecule has 2 aromatic carbocycles. The fourth-order valence-electron chi connectivity index (χ4n) is 5.27. The summed E-state index contributed by atoms with van der Waals surface area (Å²) in [5.41, 5.74) is 2.34. The van der Waals surface area contributed by atoms with Crippen molar-refractivity contribution in [2.75, 3.05) is 26.7 Å². The Labute approximate surface area is 208 Å². The third-order valence-corrected chi connectivity index (χ3v) is 7.54. The number of hydrogen-bond donors (Lipinski definition) is 0. The molecule has 2 fully saturated rings. The molecular formula is C30H34N2O3. The van der Waals surface area contributed by atoms with Crippen molar-refractivity contribution in [1.29, 1.82) is 0 Å². The number of rotatable bonds is 8. The van der Waals surface area contributed by atoms with Crippen LogP contribution in [0.25, 0.3) is 0 Å². The predicted octanol–water partition coefficient (Wildman–Crippen LogP) is 4.70. The molecule has 1 saturated carbocycles. The van der Waals surface area contributed by atoms with E-state index in [1.807, 2.05) is 64.4 Å². The van der Waals surface area contributed by atoms with Crippen molar-refractivity contribution in [2.45, 2.75) is 37.8 Å². The molecule has 1 unspecified atom stereocenters. The number of likely N-dealkylation sites (tertiary alicyclic amines) is 1. The lowest BCUT2D eigenvalue weighted by Crippen LogP contribution is -2.38. The van der Waals surface area contributed by atoms with E-state index in [1.54, 1.807) is 7.11 Å². The van der Waals surface area contributed by atoms with Crippen LogP contribution in [0.4, 0.5) is 0 Å². The maximum atomic E-state index is 13.7. The minimum absolute atomic E-state index is 0.0369. The van der Waals surface area contributed by atoms with Crippen LogP contribution in [0.5, 0.6) is 0 Å². The van der Waals surface area contributed by atoms with E-state index < -0.39 is 5.60 Å². The lowest BCUT2D eigenvalue weighted by atomic mass is 9.85. The summed E-state index contributed by atoms with van der Waals surface area (Å²) in [6.07, 6.45) is 9.56. The monoisotopic (exact) mass is 470 g/mol. The van der Waals surface area contributed by atoms with Gasteiger partial charge in [-0.1, -0.05) is 72.8 Å². The highest BCUT2D eigenvalue weighted by Crippen LogP contribution is 2.36. The van der Waals surface area contributed by atoms with Gasteiger partial charge in [0.25, 0.3) is 5.91 Å². The average molecular weight is 471 g/mol. The van der Waals surface area contributed by atoms with Crippen molar-refractivity contribution in [2.24, 2.45) is 11.8 Å². The molecule has 5 rings (SSSR count). The molecule has 182 valence electrons. The zero-order chi connectivity index (χ0) is 24.3. The largest absolute Gasteiger partial charge is 0.369 e. The van der Waals surface area contributed by atoms with Gasteiger partial charge in [0.1, 0.15) is 5.60 Å². The smallest absolute Gasteiger partial charge is 0.253 e. The van der Waals surface area contributed by atoms with E-state index in [1.165, 1.54) is 0 Å². The molecule has 0 aromatic heterocycles. The Morgan fingerprint density at radius 1 is 1.03 bits per heavy atom. The molecule has 2 atom stereocenters. The van der Waals surface area contributed by atoms with Crippen LogP contribution in [-0.4, -0.2) is 48.4 Å². The SMILES string of the molecule is COC1(c2ccccc2)C=CC(C(=O)N(Cc2ccccc2)C[C@@H]2CCN(C(=O)C3CC3)C2)=CC1. The Morgan fingerprint density at radius 2 is 1.74 bits per heavy atom. The second-order valence-corrected chi connectivity index (χ2v) is 10.0. The second kappa shape index (κ2) is 10.2. The quantitative estimate of drug-likeness (QED) is 0.562. The Hall–Kier alpha value is -3.18. The molecule has 2 aromatic rings. The number of carbonyl (C=O) groups excluding carboxylic acids is 2. The first-order chi connectivity index (χ1) is 17.1. The van der Waals surface area contributed by atoms with Gasteiger partial charge in [0, 0.05) is 51.2 Å². The molecule has 5 heteroatoms. The fourth-order valence-corrected chi connectivity index (χ4v) is 5.27. The summed E-state index contributed by atoms with van der Waals surface area (Å²) in [5.74, 6) is 0.901. The van der Waals surface area contributed by atoms with E-state index in [-0.39, 0.29) is 11.8 Å². The molecule has 3 aliphatic rings. The van der Waals surface area contributed by atoms with Crippen molar-refractivity contribution in [3.05, 3.63) is 95.6 Å². The van der Waals surface area contributed by atoms with Gasteiger partial charge in [-0.15, -0.1) is 0 Å². The number of methoxy groups -OCH3 is 1. The van der Waals surface area contributed by atoms with Crippen molar-refractivity contribution in [3.8, 4) is 0 Å². The number of hydrogen-bond acceptors (Lipinski definition) is 3. The lowest BCUT2D eigenvalue weighted by Gasteiger charge is -2.33. The van der Waals surface area contributed by atoms with E-state index in [9.17, 15) is 9.59 Å². The number of ether oxygens (including phenoxy) is 1. The zero-order valence-corrected chi connectivity index (χ0v) is 20.4. The molecule has 1 heterocycles. The zero-order valence-electron chi connectivity index (χ0n) is 20.4. The highest BCUT2D eigenvalue weighted by Gasteiger charge is 2.38. The van der Waals surface area contributed by atoms with Crippen molar-refractivity contribution in [1.82, 2.24) is 9.80 Å². The first-order valence-electron chi connectivity index (χ1n) is 12.7. The Bertz CT molecular complexity index is 1110. The van der Waals surface area contributed by atoms with Gasteiger partial charge in [0.05, 0.1) is 0 Å². The average Bonchev–Trinajstić information content (AvgIpc) is 3.67. The summed E-state index contributed by atoms with van der Waals surface area (Å²) in [7, 11) is 1.72. The second-order valence-electron chi connectivity index (χ2n) is 10.0. The molecule has 0 radical (unpaired) electrons. The van der Waals surface area contributed by atoms with Gasteiger partial charge < -0.3 is 14.5 Å². The number of nitrogens with zero attached hydrogens (tertiary/aromatic N) is 2. The first-order valence-corrected chi connectivity index (χ1v) is 12.7. The van der Waals surface area contributed by atoms with Crippen LogP contribution in [0.15, 0.2) is 84.5 Å². The Morgan fingerprint density at radius 3 is 2.37 bits per heavy atom. The Balaban J connectivity index is 1.31. The van der Waals surface area contributed by atoms with Crippen LogP contribution < -0.4 is 0 Å². The minimum Gasteiger partial charge on any atom is -0.369 e. The summed E-state index contributed by atoms with van der Waals surface area (Å²) in [5, 5.41) is 0. The lowest BCUT2D eigenvalue weighted by molar-refractivity contribution is -0.131. The molecule has 0 N–H and O–H groups in total. The molecule has 0 bridgehead atoms. The van der Waals surface area contributed by atoms with E-state index in [4.69, 9.17) is 4.74 Å².